The largest absolute Gasteiger partial charge is 0.251 e. The topological polar surface area (TPSA) is 0 Å². The molecule has 0 fully saturated rings. The van der Waals surface area contributed by atoms with E-state index < -0.39 is 0 Å². The Morgan fingerprint density at radius 3 is 2.33 bits per heavy atom. The van der Waals surface area contributed by atoms with Crippen LogP contribution in [0.1, 0.15) is 6.92 Å². The third-order valence-corrected chi connectivity index (χ3v) is 1.63. The minimum absolute atomic E-state index is 0.185. The summed E-state index contributed by atoms with van der Waals surface area (Å²) in [6, 6.07) is 0. The molecular weight excluding hydrogens is 147 g/mol. The van der Waals surface area contributed by atoms with Crippen molar-refractivity contribution in [1.82, 2.24) is 0 Å². The van der Waals surface area contributed by atoms with Crippen LogP contribution in [0, 0.1) is 5.92 Å². The fourth-order valence-corrected chi connectivity index (χ4v) is 0.214. The lowest BCUT2D eigenvalue weighted by Crippen LogP contribution is -1.95. The van der Waals surface area contributed by atoms with E-state index in [1.807, 2.05) is 6.92 Å². The third-order valence-electron chi connectivity index (χ3n) is 0.527. The normalized spacial score (nSPS) is 14.5. The second-order valence-corrected chi connectivity index (χ2v) is 2.06. The van der Waals surface area contributed by atoms with E-state index in [0.717, 1.165) is 5.33 Å². The molecule has 1 atom stereocenters. The van der Waals surface area contributed by atoms with Gasteiger partial charge in [0.25, 0.3) is 0 Å². The van der Waals surface area contributed by atoms with Gasteiger partial charge in [-0.1, -0.05) is 22.9 Å². The minimum atomic E-state index is -0.217. The lowest BCUT2D eigenvalue weighted by Gasteiger charge is -1.94. The number of halogens is 2. The highest BCUT2D eigenvalue weighted by Gasteiger charge is 1.93. The van der Waals surface area contributed by atoms with Gasteiger partial charge < -0.3 is 0 Å². The van der Waals surface area contributed by atoms with E-state index in [2.05, 4.69) is 15.9 Å². The Labute approximate surface area is 45.9 Å². The molecular formula is C4H8BrF. The van der Waals surface area contributed by atoms with Crippen molar-refractivity contribution in [2.45, 2.75) is 6.92 Å². The molecule has 0 aromatic rings. The van der Waals surface area contributed by atoms with Gasteiger partial charge in [-0.2, -0.15) is 0 Å². The first-order valence-electron chi connectivity index (χ1n) is 1.93. The van der Waals surface area contributed by atoms with Gasteiger partial charge in [0.15, 0.2) is 0 Å². The minimum Gasteiger partial charge on any atom is -0.251 e. The average Bonchev–Trinajstić information content (AvgIpc) is 1.65. The lowest BCUT2D eigenvalue weighted by molar-refractivity contribution is 0.410. The molecule has 0 nitrogen and oxygen atoms in total. The Morgan fingerprint density at radius 2 is 2.33 bits per heavy atom. The van der Waals surface area contributed by atoms with Gasteiger partial charge >= 0.3 is 0 Å². The molecule has 0 aliphatic carbocycles. The van der Waals surface area contributed by atoms with Gasteiger partial charge in [0.1, 0.15) is 0 Å². The van der Waals surface area contributed by atoms with E-state index in [-0.39, 0.29) is 12.6 Å². The van der Waals surface area contributed by atoms with Crippen molar-refractivity contribution >= 4 is 15.9 Å². The fourth-order valence-electron chi connectivity index (χ4n) is 0.0412. The molecule has 0 amide bonds. The Balaban J connectivity index is 2.75. The van der Waals surface area contributed by atoms with Gasteiger partial charge in [-0.3, -0.25) is 4.39 Å². The zero-order chi connectivity index (χ0) is 4.99. The number of hydrogen-bond donors (Lipinski definition) is 0. The van der Waals surface area contributed by atoms with E-state index in [9.17, 15) is 4.39 Å². The Morgan fingerprint density at radius 1 is 1.83 bits per heavy atom. The van der Waals surface area contributed by atoms with Crippen LogP contribution in [0.25, 0.3) is 0 Å². The van der Waals surface area contributed by atoms with Crippen molar-refractivity contribution in [2.24, 2.45) is 5.92 Å². The van der Waals surface area contributed by atoms with Gasteiger partial charge in [-0.05, 0) is 5.92 Å². The molecule has 0 radical (unpaired) electrons. The highest BCUT2D eigenvalue weighted by atomic mass is 79.9. The molecule has 0 heterocycles. The summed E-state index contributed by atoms with van der Waals surface area (Å²) in [7, 11) is 0. The average molecular weight is 155 g/mol. The van der Waals surface area contributed by atoms with Crippen LogP contribution < -0.4 is 0 Å². The van der Waals surface area contributed by atoms with E-state index in [0.29, 0.717) is 0 Å². The maximum Gasteiger partial charge on any atom is 0.0927 e. The Kier molecular flexibility index (Phi) is 3.84. The lowest BCUT2D eigenvalue weighted by atomic mass is 10.3. The fraction of sp³-hybridized carbons (Fsp3) is 1.00. The van der Waals surface area contributed by atoms with Gasteiger partial charge in [0.05, 0.1) is 6.67 Å². The molecule has 0 spiro atoms. The summed E-state index contributed by atoms with van der Waals surface area (Å²) < 4.78 is 11.4. The number of alkyl halides is 2. The first-order valence-corrected chi connectivity index (χ1v) is 3.05. The summed E-state index contributed by atoms with van der Waals surface area (Å²) in [4.78, 5) is 0. The Hall–Kier alpha value is 0.410. The van der Waals surface area contributed by atoms with Gasteiger partial charge in [-0.15, -0.1) is 0 Å². The van der Waals surface area contributed by atoms with E-state index >= 15 is 0 Å². The van der Waals surface area contributed by atoms with Crippen molar-refractivity contribution in [1.29, 1.82) is 0 Å². The molecule has 0 N–H and O–H groups in total. The summed E-state index contributed by atoms with van der Waals surface area (Å²) in [6.45, 7) is 1.64. The molecule has 0 saturated heterocycles. The summed E-state index contributed by atoms with van der Waals surface area (Å²) in [5, 5.41) is 0.767. The second kappa shape index (κ2) is 3.59. The molecule has 1 unspecified atom stereocenters. The predicted molar refractivity (Wildman–Crippen MR) is 28.9 cm³/mol. The van der Waals surface area contributed by atoms with Crippen molar-refractivity contribution in [3.05, 3.63) is 0 Å². The first kappa shape index (κ1) is 6.41. The Bertz CT molecular complexity index is 26.7. The van der Waals surface area contributed by atoms with E-state index in [1.165, 1.54) is 0 Å². The van der Waals surface area contributed by atoms with Crippen LogP contribution in [0.5, 0.6) is 0 Å². The molecule has 2 heteroatoms. The summed E-state index contributed by atoms with van der Waals surface area (Å²) in [5.74, 6) is 0.185. The van der Waals surface area contributed by atoms with Gasteiger partial charge in [0, 0.05) is 5.33 Å². The molecule has 0 aromatic heterocycles. The van der Waals surface area contributed by atoms with Crippen LogP contribution in [0.4, 0.5) is 4.39 Å². The first-order chi connectivity index (χ1) is 2.81. The van der Waals surface area contributed by atoms with Crippen LogP contribution in [0.3, 0.4) is 0 Å². The summed E-state index contributed by atoms with van der Waals surface area (Å²) in [5.41, 5.74) is 0. The van der Waals surface area contributed by atoms with E-state index in [4.69, 9.17) is 0 Å². The zero-order valence-corrected chi connectivity index (χ0v) is 5.33. The molecule has 0 aliphatic rings. The summed E-state index contributed by atoms with van der Waals surface area (Å²) in [6.07, 6.45) is 0. The maximum atomic E-state index is 11.4. The zero-order valence-electron chi connectivity index (χ0n) is 3.75. The van der Waals surface area contributed by atoms with E-state index in [1.54, 1.807) is 0 Å². The molecule has 6 heavy (non-hydrogen) atoms. The molecule has 0 saturated carbocycles. The highest BCUT2D eigenvalue weighted by Crippen LogP contribution is 1.98. The van der Waals surface area contributed by atoms with Crippen LogP contribution in [-0.2, 0) is 0 Å². The van der Waals surface area contributed by atoms with Crippen LogP contribution >= 0.6 is 15.9 Å². The SMILES string of the molecule is CC(CF)CBr. The van der Waals surface area contributed by atoms with Crippen LogP contribution in [0.2, 0.25) is 0 Å². The standard InChI is InChI=1S/C4H8BrF/c1-4(2-5)3-6/h4H,2-3H2,1H3. The third kappa shape index (κ3) is 2.64. The van der Waals surface area contributed by atoms with Gasteiger partial charge in [0.2, 0.25) is 0 Å². The molecule has 0 aliphatic heterocycles. The predicted octanol–water partition coefficient (Wildman–Crippen LogP) is 1.99. The number of hydrogen-bond acceptors (Lipinski definition) is 0. The highest BCUT2D eigenvalue weighted by molar-refractivity contribution is 9.09. The smallest absolute Gasteiger partial charge is 0.0927 e. The molecule has 0 bridgehead atoms. The molecule has 0 rings (SSSR count). The van der Waals surface area contributed by atoms with Crippen LogP contribution in [-0.4, -0.2) is 12.0 Å². The van der Waals surface area contributed by atoms with Crippen molar-refractivity contribution in [3.63, 3.8) is 0 Å². The number of rotatable bonds is 2. The quantitative estimate of drug-likeness (QED) is 0.535. The van der Waals surface area contributed by atoms with Crippen LogP contribution in [0.15, 0.2) is 0 Å². The monoisotopic (exact) mass is 154 g/mol. The second-order valence-electron chi connectivity index (χ2n) is 1.41. The molecule has 38 valence electrons. The maximum absolute atomic E-state index is 11.4. The van der Waals surface area contributed by atoms with Gasteiger partial charge in [-0.25, -0.2) is 0 Å². The van der Waals surface area contributed by atoms with Crippen molar-refractivity contribution in [2.75, 3.05) is 12.0 Å². The van der Waals surface area contributed by atoms with Crippen molar-refractivity contribution in [3.8, 4) is 0 Å². The van der Waals surface area contributed by atoms with Crippen molar-refractivity contribution < 1.29 is 4.39 Å². The molecule has 0 aromatic carbocycles. The summed E-state index contributed by atoms with van der Waals surface area (Å²) >= 11 is 3.13.